The van der Waals surface area contributed by atoms with Gasteiger partial charge in [-0.3, -0.25) is 0 Å². The molecule has 0 saturated heterocycles. The smallest absolute Gasteiger partial charge is 0.0555 e. The third-order valence-corrected chi connectivity index (χ3v) is 2.63. The average Bonchev–Trinajstić information content (AvgIpc) is 1.98. The molecule has 1 aliphatic rings. The summed E-state index contributed by atoms with van der Waals surface area (Å²) in [4.78, 5) is 0. The van der Waals surface area contributed by atoms with Crippen LogP contribution in [-0.4, -0.2) is 23.8 Å². The highest BCUT2D eigenvalue weighted by atomic mass is 16.3. The van der Waals surface area contributed by atoms with E-state index in [4.69, 9.17) is 0 Å². The zero-order valence-electron chi connectivity index (χ0n) is 7.51. The zero-order chi connectivity index (χ0) is 8.27. The van der Waals surface area contributed by atoms with Crippen molar-refractivity contribution >= 4 is 0 Å². The molecule has 0 bridgehead atoms. The molecular formula is C9H19NO. The summed E-state index contributed by atoms with van der Waals surface area (Å²) < 4.78 is 0. The van der Waals surface area contributed by atoms with Crippen LogP contribution in [0.4, 0.5) is 0 Å². The fraction of sp³-hybridized carbons (Fsp3) is 1.00. The van der Waals surface area contributed by atoms with Crippen LogP contribution in [0.1, 0.15) is 33.1 Å². The molecule has 1 aliphatic carbocycles. The standard InChI is InChI=1S/C9H19NO/c1-3-10-9-6-8(11)5-4-7(9)2/h7-11H,3-6H2,1-2H3. The number of aliphatic hydroxyl groups is 1. The van der Waals surface area contributed by atoms with E-state index in [2.05, 4.69) is 19.2 Å². The van der Waals surface area contributed by atoms with Crippen LogP contribution in [0, 0.1) is 5.92 Å². The Kier molecular flexibility index (Phi) is 3.34. The van der Waals surface area contributed by atoms with Gasteiger partial charge in [-0.2, -0.15) is 0 Å². The van der Waals surface area contributed by atoms with Gasteiger partial charge in [0.15, 0.2) is 0 Å². The van der Waals surface area contributed by atoms with Crippen LogP contribution in [0.5, 0.6) is 0 Å². The summed E-state index contributed by atoms with van der Waals surface area (Å²) in [6, 6.07) is 0.545. The third kappa shape index (κ3) is 2.46. The Morgan fingerprint density at radius 2 is 2.18 bits per heavy atom. The lowest BCUT2D eigenvalue weighted by atomic mass is 9.84. The molecule has 1 saturated carbocycles. The number of hydrogen-bond donors (Lipinski definition) is 2. The fourth-order valence-corrected chi connectivity index (χ4v) is 1.85. The van der Waals surface area contributed by atoms with Crippen molar-refractivity contribution < 1.29 is 5.11 Å². The Labute approximate surface area is 69.0 Å². The zero-order valence-corrected chi connectivity index (χ0v) is 7.51. The summed E-state index contributed by atoms with van der Waals surface area (Å²) >= 11 is 0. The predicted molar refractivity (Wildman–Crippen MR) is 46.5 cm³/mol. The predicted octanol–water partition coefficient (Wildman–Crippen LogP) is 1.15. The summed E-state index contributed by atoms with van der Waals surface area (Å²) in [5, 5.41) is 12.8. The van der Waals surface area contributed by atoms with Gasteiger partial charge in [-0.15, -0.1) is 0 Å². The van der Waals surface area contributed by atoms with Crippen LogP contribution < -0.4 is 5.32 Å². The van der Waals surface area contributed by atoms with Crippen LogP contribution in [0.2, 0.25) is 0 Å². The second-order valence-electron chi connectivity index (χ2n) is 3.61. The van der Waals surface area contributed by atoms with E-state index < -0.39 is 0 Å². The van der Waals surface area contributed by atoms with E-state index in [1.54, 1.807) is 0 Å². The second-order valence-corrected chi connectivity index (χ2v) is 3.61. The lowest BCUT2D eigenvalue weighted by Gasteiger charge is -2.32. The quantitative estimate of drug-likeness (QED) is 0.630. The number of rotatable bonds is 2. The molecule has 0 spiro atoms. The van der Waals surface area contributed by atoms with Crippen LogP contribution >= 0.6 is 0 Å². The van der Waals surface area contributed by atoms with Gasteiger partial charge >= 0.3 is 0 Å². The minimum absolute atomic E-state index is 0.0600. The van der Waals surface area contributed by atoms with Crippen molar-refractivity contribution in [2.24, 2.45) is 5.92 Å². The first-order valence-corrected chi connectivity index (χ1v) is 4.65. The van der Waals surface area contributed by atoms with Crippen LogP contribution in [0.3, 0.4) is 0 Å². The molecule has 0 aliphatic heterocycles. The van der Waals surface area contributed by atoms with Crippen LogP contribution in [0.15, 0.2) is 0 Å². The van der Waals surface area contributed by atoms with E-state index in [0.717, 1.165) is 25.3 Å². The van der Waals surface area contributed by atoms with E-state index in [9.17, 15) is 5.11 Å². The highest BCUT2D eigenvalue weighted by Gasteiger charge is 2.25. The first-order valence-electron chi connectivity index (χ1n) is 4.65. The highest BCUT2D eigenvalue weighted by molar-refractivity contribution is 4.81. The van der Waals surface area contributed by atoms with Gasteiger partial charge in [0.25, 0.3) is 0 Å². The molecule has 0 aromatic carbocycles. The average molecular weight is 157 g/mol. The fourth-order valence-electron chi connectivity index (χ4n) is 1.85. The monoisotopic (exact) mass is 157 g/mol. The maximum absolute atomic E-state index is 9.38. The molecule has 3 unspecified atom stereocenters. The third-order valence-electron chi connectivity index (χ3n) is 2.63. The van der Waals surface area contributed by atoms with Crippen molar-refractivity contribution in [3.05, 3.63) is 0 Å². The molecule has 0 aromatic rings. The molecule has 0 aromatic heterocycles. The molecule has 0 heterocycles. The lowest BCUT2D eigenvalue weighted by molar-refractivity contribution is 0.0893. The molecule has 2 heteroatoms. The Hall–Kier alpha value is -0.0800. The Bertz CT molecular complexity index is 116. The van der Waals surface area contributed by atoms with E-state index in [1.807, 2.05) is 0 Å². The van der Waals surface area contributed by atoms with E-state index in [-0.39, 0.29) is 6.10 Å². The summed E-state index contributed by atoms with van der Waals surface area (Å²) in [6.45, 7) is 5.40. The topological polar surface area (TPSA) is 32.3 Å². The van der Waals surface area contributed by atoms with Crippen LogP contribution in [-0.2, 0) is 0 Å². The largest absolute Gasteiger partial charge is 0.393 e. The second kappa shape index (κ2) is 4.07. The Balaban J connectivity index is 2.34. The van der Waals surface area contributed by atoms with E-state index >= 15 is 0 Å². The number of aliphatic hydroxyl groups excluding tert-OH is 1. The first-order chi connectivity index (χ1) is 5.24. The molecule has 3 atom stereocenters. The van der Waals surface area contributed by atoms with Crippen molar-refractivity contribution in [2.45, 2.75) is 45.3 Å². The van der Waals surface area contributed by atoms with Crippen LogP contribution in [0.25, 0.3) is 0 Å². The first kappa shape index (κ1) is 9.01. The summed E-state index contributed by atoms with van der Waals surface area (Å²) in [6.07, 6.45) is 3.03. The van der Waals surface area contributed by atoms with E-state index in [0.29, 0.717) is 6.04 Å². The molecule has 1 rings (SSSR count). The van der Waals surface area contributed by atoms with Gasteiger partial charge in [-0.1, -0.05) is 13.8 Å². The van der Waals surface area contributed by atoms with Crippen molar-refractivity contribution in [1.82, 2.24) is 5.32 Å². The van der Waals surface area contributed by atoms with Crippen molar-refractivity contribution in [1.29, 1.82) is 0 Å². The minimum Gasteiger partial charge on any atom is -0.393 e. The molecule has 2 N–H and O–H groups in total. The Morgan fingerprint density at radius 3 is 2.82 bits per heavy atom. The number of hydrogen-bond acceptors (Lipinski definition) is 2. The van der Waals surface area contributed by atoms with Gasteiger partial charge in [0.1, 0.15) is 0 Å². The van der Waals surface area contributed by atoms with Gasteiger partial charge in [-0.25, -0.2) is 0 Å². The molecular weight excluding hydrogens is 138 g/mol. The molecule has 0 amide bonds. The molecule has 11 heavy (non-hydrogen) atoms. The molecule has 1 fully saturated rings. The van der Waals surface area contributed by atoms with E-state index in [1.165, 1.54) is 6.42 Å². The van der Waals surface area contributed by atoms with Gasteiger partial charge in [0, 0.05) is 6.04 Å². The van der Waals surface area contributed by atoms with Gasteiger partial charge in [0.05, 0.1) is 6.10 Å². The van der Waals surface area contributed by atoms with Crippen molar-refractivity contribution in [2.75, 3.05) is 6.54 Å². The van der Waals surface area contributed by atoms with Gasteiger partial charge < -0.3 is 10.4 Å². The van der Waals surface area contributed by atoms with Gasteiger partial charge in [-0.05, 0) is 31.7 Å². The normalized spacial score (nSPS) is 39.0. The molecule has 2 nitrogen and oxygen atoms in total. The summed E-state index contributed by atoms with van der Waals surface area (Å²) in [5.41, 5.74) is 0. The van der Waals surface area contributed by atoms with Crippen molar-refractivity contribution in [3.8, 4) is 0 Å². The summed E-state index contributed by atoms with van der Waals surface area (Å²) in [5.74, 6) is 0.735. The van der Waals surface area contributed by atoms with Crippen molar-refractivity contribution in [3.63, 3.8) is 0 Å². The minimum atomic E-state index is -0.0600. The van der Waals surface area contributed by atoms with Gasteiger partial charge in [0.2, 0.25) is 0 Å². The Morgan fingerprint density at radius 1 is 1.45 bits per heavy atom. The highest BCUT2D eigenvalue weighted by Crippen LogP contribution is 2.23. The SMILES string of the molecule is CCNC1CC(O)CCC1C. The maximum atomic E-state index is 9.38. The molecule has 0 radical (unpaired) electrons. The molecule has 66 valence electrons. The number of nitrogens with one attached hydrogen (secondary N) is 1. The summed E-state index contributed by atoms with van der Waals surface area (Å²) in [7, 11) is 0. The maximum Gasteiger partial charge on any atom is 0.0555 e. The lowest BCUT2D eigenvalue weighted by Crippen LogP contribution is -2.41.